The number of halogens is 2. The SMILES string of the molecule is Cl.OC1(c2cccc(Cl)n2)CN2CCC1CC2. The smallest absolute Gasteiger partial charge is 0.129 e. The van der Waals surface area contributed by atoms with Crippen molar-refractivity contribution in [1.29, 1.82) is 0 Å². The number of fused-ring (bicyclic) bond motifs is 3. The first-order valence-corrected chi connectivity index (χ1v) is 6.14. The van der Waals surface area contributed by atoms with Gasteiger partial charge >= 0.3 is 0 Å². The molecule has 3 fully saturated rings. The zero-order valence-electron chi connectivity index (χ0n) is 9.47. The Morgan fingerprint density at radius 3 is 2.59 bits per heavy atom. The van der Waals surface area contributed by atoms with Gasteiger partial charge in [0, 0.05) is 6.54 Å². The third-order valence-electron chi connectivity index (χ3n) is 3.89. The number of piperidine rings is 3. The molecular formula is C12H16Cl2N2O. The fourth-order valence-corrected chi connectivity index (χ4v) is 3.14. The van der Waals surface area contributed by atoms with E-state index < -0.39 is 5.60 Å². The molecule has 3 aliphatic heterocycles. The summed E-state index contributed by atoms with van der Waals surface area (Å²) in [5.74, 6) is 0.337. The fourth-order valence-electron chi connectivity index (χ4n) is 2.98. The standard InChI is InChI=1S/C12H15ClN2O.ClH/c13-11-3-1-2-10(14-11)12(16)8-15-6-4-9(12)5-7-15;/h1-3,9,16H,4-8H2;1H. The van der Waals surface area contributed by atoms with E-state index in [2.05, 4.69) is 9.88 Å². The van der Waals surface area contributed by atoms with Crippen molar-refractivity contribution in [2.75, 3.05) is 19.6 Å². The number of rotatable bonds is 1. The maximum atomic E-state index is 10.8. The fraction of sp³-hybridized carbons (Fsp3) is 0.583. The molecule has 2 bridgehead atoms. The minimum Gasteiger partial charge on any atom is -0.382 e. The van der Waals surface area contributed by atoms with Crippen molar-refractivity contribution in [2.24, 2.45) is 5.92 Å². The summed E-state index contributed by atoms with van der Waals surface area (Å²) in [7, 11) is 0. The second kappa shape index (κ2) is 4.73. The topological polar surface area (TPSA) is 36.4 Å². The number of hydrogen-bond acceptors (Lipinski definition) is 3. The highest BCUT2D eigenvalue weighted by Gasteiger charge is 2.47. The van der Waals surface area contributed by atoms with Crippen LogP contribution < -0.4 is 0 Å². The zero-order chi connectivity index (χ0) is 11.2. The molecule has 5 heteroatoms. The lowest BCUT2D eigenvalue weighted by molar-refractivity contribution is -0.120. The average Bonchev–Trinajstić information content (AvgIpc) is 2.30. The van der Waals surface area contributed by atoms with Gasteiger partial charge in [-0.3, -0.25) is 0 Å². The van der Waals surface area contributed by atoms with Crippen LogP contribution in [-0.2, 0) is 5.60 Å². The summed E-state index contributed by atoms with van der Waals surface area (Å²) in [6.45, 7) is 2.91. The predicted octanol–water partition coefficient (Wildman–Crippen LogP) is 2.07. The van der Waals surface area contributed by atoms with Gasteiger partial charge in [0.25, 0.3) is 0 Å². The highest BCUT2D eigenvalue weighted by Crippen LogP contribution is 2.41. The Morgan fingerprint density at radius 2 is 2.06 bits per heavy atom. The molecule has 17 heavy (non-hydrogen) atoms. The van der Waals surface area contributed by atoms with Gasteiger partial charge in [-0.1, -0.05) is 17.7 Å². The Labute approximate surface area is 112 Å². The van der Waals surface area contributed by atoms with Crippen LogP contribution in [0, 0.1) is 5.92 Å². The Bertz CT molecular complexity index is 407. The van der Waals surface area contributed by atoms with Crippen molar-refractivity contribution in [3.63, 3.8) is 0 Å². The molecule has 1 unspecified atom stereocenters. The summed E-state index contributed by atoms with van der Waals surface area (Å²) in [5.41, 5.74) is -0.0594. The van der Waals surface area contributed by atoms with Crippen LogP contribution in [0.4, 0.5) is 0 Å². The van der Waals surface area contributed by atoms with E-state index in [1.165, 1.54) is 0 Å². The van der Waals surface area contributed by atoms with Crippen LogP contribution in [0.3, 0.4) is 0 Å². The van der Waals surface area contributed by atoms with E-state index in [0.29, 0.717) is 17.6 Å². The maximum Gasteiger partial charge on any atom is 0.129 e. The Morgan fingerprint density at radius 1 is 1.35 bits per heavy atom. The third-order valence-corrected chi connectivity index (χ3v) is 4.10. The van der Waals surface area contributed by atoms with Gasteiger partial charge in [-0.25, -0.2) is 4.98 Å². The summed E-state index contributed by atoms with van der Waals surface area (Å²) in [5, 5.41) is 11.3. The second-order valence-electron chi connectivity index (χ2n) is 4.82. The van der Waals surface area contributed by atoms with E-state index >= 15 is 0 Å². The number of aliphatic hydroxyl groups is 1. The molecule has 1 N–H and O–H groups in total. The lowest BCUT2D eigenvalue weighted by Gasteiger charge is -2.50. The molecule has 4 heterocycles. The number of hydrogen-bond donors (Lipinski definition) is 1. The highest BCUT2D eigenvalue weighted by molar-refractivity contribution is 6.29. The molecule has 0 aliphatic carbocycles. The molecule has 0 spiro atoms. The first-order chi connectivity index (χ1) is 7.68. The molecule has 0 aromatic carbocycles. The van der Waals surface area contributed by atoms with E-state index in [4.69, 9.17) is 11.6 Å². The molecular weight excluding hydrogens is 259 g/mol. The van der Waals surface area contributed by atoms with Gasteiger partial charge < -0.3 is 10.0 Å². The Balaban J connectivity index is 0.00000108. The summed E-state index contributed by atoms with van der Waals surface area (Å²) >= 11 is 5.89. The van der Waals surface area contributed by atoms with Crippen molar-refractivity contribution >= 4 is 24.0 Å². The lowest BCUT2D eigenvalue weighted by atomic mass is 9.73. The van der Waals surface area contributed by atoms with Gasteiger partial charge in [-0.2, -0.15) is 0 Å². The summed E-state index contributed by atoms with van der Waals surface area (Å²) in [6.07, 6.45) is 2.12. The van der Waals surface area contributed by atoms with Crippen LogP contribution in [0.15, 0.2) is 18.2 Å². The Hall–Kier alpha value is -0.350. The van der Waals surface area contributed by atoms with Crippen molar-refractivity contribution in [3.8, 4) is 0 Å². The van der Waals surface area contributed by atoms with E-state index in [1.807, 2.05) is 12.1 Å². The van der Waals surface area contributed by atoms with Crippen LogP contribution in [-0.4, -0.2) is 34.6 Å². The largest absolute Gasteiger partial charge is 0.382 e. The summed E-state index contributed by atoms with van der Waals surface area (Å²) in [4.78, 5) is 6.58. The van der Waals surface area contributed by atoms with Gasteiger partial charge in [0.05, 0.1) is 5.69 Å². The van der Waals surface area contributed by atoms with E-state index in [9.17, 15) is 5.11 Å². The van der Waals surface area contributed by atoms with Crippen molar-refractivity contribution in [1.82, 2.24) is 9.88 Å². The molecule has 1 aromatic heterocycles. The Kier molecular flexibility index (Phi) is 3.64. The van der Waals surface area contributed by atoms with Crippen LogP contribution in [0.5, 0.6) is 0 Å². The van der Waals surface area contributed by atoms with Gasteiger partial charge in [-0.05, 0) is 44.0 Å². The van der Waals surface area contributed by atoms with Gasteiger partial charge in [0.15, 0.2) is 0 Å². The van der Waals surface area contributed by atoms with Gasteiger partial charge in [0.1, 0.15) is 10.8 Å². The third kappa shape index (κ3) is 2.17. The molecule has 1 aromatic rings. The molecule has 94 valence electrons. The zero-order valence-corrected chi connectivity index (χ0v) is 11.0. The molecule has 0 saturated carbocycles. The molecule has 1 atom stereocenters. The predicted molar refractivity (Wildman–Crippen MR) is 69.6 cm³/mol. The second-order valence-corrected chi connectivity index (χ2v) is 5.21. The average molecular weight is 275 g/mol. The molecule has 3 nitrogen and oxygen atoms in total. The van der Waals surface area contributed by atoms with E-state index in [-0.39, 0.29) is 12.4 Å². The van der Waals surface area contributed by atoms with Crippen molar-refractivity contribution < 1.29 is 5.11 Å². The lowest BCUT2D eigenvalue weighted by Crippen LogP contribution is -2.57. The van der Waals surface area contributed by atoms with Crippen LogP contribution in [0.25, 0.3) is 0 Å². The van der Waals surface area contributed by atoms with Crippen LogP contribution >= 0.6 is 24.0 Å². The molecule has 3 aliphatic rings. The van der Waals surface area contributed by atoms with Crippen molar-refractivity contribution in [2.45, 2.75) is 18.4 Å². The minimum absolute atomic E-state index is 0. The normalized spacial score (nSPS) is 35.4. The molecule has 4 rings (SSSR count). The van der Waals surface area contributed by atoms with Crippen molar-refractivity contribution in [3.05, 3.63) is 29.0 Å². The first-order valence-electron chi connectivity index (χ1n) is 5.76. The molecule has 0 radical (unpaired) electrons. The van der Waals surface area contributed by atoms with E-state index in [1.54, 1.807) is 6.07 Å². The number of pyridine rings is 1. The molecule has 3 saturated heterocycles. The number of aromatic nitrogens is 1. The van der Waals surface area contributed by atoms with Crippen LogP contribution in [0.2, 0.25) is 5.15 Å². The summed E-state index contributed by atoms with van der Waals surface area (Å²) < 4.78 is 0. The monoisotopic (exact) mass is 274 g/mol. The van der Waals surface area contributed by atoms with Gasteiger partial charge in [0.2, 0.25) is 0 Å². The highest BCUT2D eigenvalue weighted by atomic mass is 35.5. The van der Waals surface area contributed by atoms with Gasteiger partial charge in [-0.15, -0.1) is 12.4 Å². The van der Waals surface area contributed by atoms with E-state index in [0.717, 1.165) is 31.6 Å². The summed E-state index contributed by atoms with van der Waals surface area (Å²) in [6, 6.07) is 5.49. The molecule has 0 amide bonds. The quantitative estimate of drug-likeness (QED) is 0.797. The first kappa shape index (κ1) is 13.1. The minimum atomic E-state index is -0.790. The van der Waals surface area contributed by atoms with Crippen LogP contribution in [0.1, 0.15) is 18.5 Å². The number of nitrogens with zero attached hydrogens (tertiary/aromatic N) is 2. The maximum absolute atomic E-state index is 10.8.